The van der Waals surface area contributed by atoms with Crippen LogP contribution < -0.4 is 10.9 Å². The van der Waals surface area contributed by atoms with Crippen LogP contribution in [0, 0.1) is 0 Å². The highest BCUT2D eigenvalue weighted by atomic mass is 35.5. The van der Waals surface area contributed by atoms with Crippen LogP contribution in [0.15, 0.2) is 65.7 Å². The van der Waals surface area contributed by atoms with Crippen LogP contribution >= 0.6 is 11.6 Å². The monoisotopic (exact) mass is 433 g/mol. The van der Waals surface area contributed by atoms with Crippen LogP contribution in [0.3, 0.4) is 0 Å². The molecule has 3 aromatic heterocycles. The second-order valence-electron chi connectivity index (χ2n) is 6.75. The molecule has 0 unspecified atom stereocenters. The minimum absolute atomic E-state index is 0.0494. The third-order valence-corrected chi connectivity index (χ3v) is 4.85. The van der Waals surface area contributed by atoms with Crippen molar-refractivity contribution in [3.05, 3.63) is 82.5 Å². The van der Waals surface area contributed by atoms with E-state index in [4.69, 9.17) is 11.6 Å². The summed E-state index contributed by atoms with van der Waals surface area (Å²) in [5, 5.41) is 3.72. The number of benzene rings is 1. The molecule has 10 heteroatoms. The van der Waals surface area contributed by atoms with Crippen LogP contribution in [0.2, 0.25) is 0 Å². The zero-order chi connectivity index (χ0) is 21.5. The van der Waals surface area contributed by atoms with Crippen molar-refractivity contribution in [2.24, 2.45) is 0 Å². The minimum atomic E-state index is -4.52. The lowest BCUT2D eigenvalue weighted by atomic mass is 10.0. The Hall–Kier alpha value is -3.33. The summed E-state index contributed by atoms with van der Waals surface area (Å²) in [6.07, 6.45) is -1.89. The topological polar surface area (TPSA) is 75.6 Å². The van der Waals surface area contributed by atoms with Crippen molar-refractivity contribution in [3.63, 3.8) is 0 Å². The number of alkyl halides is 4. The second-order valence-corrected chi connectivity index (χ2v) is 7.51. The Balaban J connectivity index is 1.66. The van der Waals surface area contributed by atoms with E-state index in [1.54, 1.807) is 31.2 Å². The van der Waals surface area contributed by atoms with E-state index in [1.165, 1.54) is 30.6 Å². The number of H-pyrrole nitrogens is 1. The number of halogens is 4. The van der Waals surface area contributed by atoms with Crippen LogP contribution in [0.1, 0.15) is 18.2 Å². The molecule has 154 valence electrons. The number of nitrogens with one attached hydrogen (secondary N) is 2. The van der Waals surface area contributed by atoms with Gasteiger partial charge in [0, 0.05) is 24.0 Å². The van der Waals surface area contributed by atoms with E-state index in [2.05, 4.69) is 20.3 Å². The van der Waals surface area contributed by atoms with E-state index in [0.717, 1.165) is 16.0 Å². The zero-order valence-electron chi connectivity index (χ0n) is 15.5. The van der Waals surface area contributed by atoms with Crippen molar-refractivity contribution < 1.29 is 13.2 Å². The summed E-state index contributed by atoms with van der Waals surface area (Å²) in [4.78, 5) is 21.3. The van der Waals surface area contributed by atoms with Gasteiger partial charge in [-0.2, -0.15) is 18.2 Å². The lowest BCUT2D eigenvalue weighted by molar-refractivity contribution is -0.142. The fourth-order valence-electron chi connectivity index (χ4n) is 3.08. The van der Waals surface area contributed by atoms with Gasteiger partial charge >= 0.3 is 6.18 Å². The van der Waals surface area contributed by atoms with Gasteiger partial charge in [0.05, 0.1) is 0 Å². The molecular weight excluding hydrogens is 419 g/mol. The highest BCUT2D eigenvalue weighted by Crippen LogP contribution is 2.33. The van der Waals surface area contributed by atoms with Crippen LogP contribution in [0.5, 0.6) is 0 Å². The fraction of sp³-hybridized carbons (Fsp3) is 0.150. The van der Waals surface area contributed by atoms with Gasteiger partial charge in [0.15, 0.2) is 0 Å². The Morgan fingerprint density at radius 3 is 2.70 bits per heavy atom. The third-order valence-electron chi connectivity index (χ3n) is 4.54. The lowest BCUT2D eigenvalue weighted by Crippen LogP contribution is -2.26. The number of aromatic nitrogens is 4. The number of anilines is 1. The van der Waals surface area contributed by atoms with Crippen molar-refractivity contribution in [1.29, 1.82) is 0 Å². The molecule has 0 bridgehead atoms. The number of hydrogen-bond donors (Lipinski definition) is 2. The predicted octanol–water partition coefficient (Wildman–Crippen LogP) is 4.65. The maximum Gasteiger partial charge on any atom is 0.431 e. The molecule has 0 fully saturated rings. The van der Waals surface area contributed by atoms with Gasteiger partial charge in [-0.15, -0.1) is 0 Å². The maximum absolute atomic E-state index is 13.2. The molecule has 1 atom stereocenters. The molecule has 6 nitrogen and oxygen atoms in total. The highest BCUT2D eigenvalue weighted by Gasteiger charge is 2.34. The van der Waals surface area contributed by atoms with Gasteiger partial charge < -0.3 is 10.3 Å². The normalized spacial score (nSPS) is 13.9. The number of rotatable bonds is 4. The zero-order valence-corrected chi connectivity index (χ0v) is 16.3. The molecule has 30 heavy (non-hydrogen) atoms. The summed E-state index contributed by atoms with van der Waals surface area (Å²) in [7, 11) is 0. The van der Waals surface area contributed by atoms with Gasteiger partial charge in [-0.05, 0) is 54.3 Å². The van der Waals surface area contributed by atoms with Crippen LogP contribution in [-0.2, 0) is 11.2 Å². The molecule has 0 radical (unpaired) electrons. The summed E-state index contributed by atoms with van der Waals surface area (Å²) in [5.74, 6) is 0.113. The van der Waals surface area contributed by atoms with E-state index < -0.39 is 16.9 Å². The Bertz CT molecular complexity index is 1280. The van der Waals surface area contributed by atoms with Crippen molar-refractivity contribution in [2.75, 3.05) is 5.32 Å². The van der Waals surface area contributed by atoms with E-state index in [0.29, 0.717) is 11.1 Å². The van der Waals surface area contributed by atoms with Crippen LogP contribution in [0.4, 0.5) is 19.1 Å². The van der Waals surface area contributed by atoms with Crippen molar-refractivity contribution in [2.45, 2.75) is 18.1 Å². The van der Waals surface area contributed by atoms with Gasteiger partial charge in [-0.25, -0.2) is 4.98 Å². The lowest BCUT2D eigenvalue weighted by Gasteiger charge is -2.25. The number of hydrogen-bond acceptors (Lipinski definition) is 4. The quantitative estimate of drug-likeness (QED) is 0.363. The highest BCUT2D eigenvalue weighted by molar-refractivity contribution is 6.24. The standard InChI is InChI=1S/C20H15ClF3N5O/c1-19(21,13-5-6-14-12(11-13)4-7-17(30)26-14)28-18-25-9-8-16(27-18)29-10-2-3-15(29)20(22,23)24/h2-11H,1H3,(H,26,30)(H,25,27,28)/t19-/m1/s1. The molecule has 0 aliphatic heterocycles. The summed E-state index contributed by atoms with van der Waals surface area (Å²) in [6.45, 7) is 1.67. The molecule has 0 aliphatic rings. The van der Waals surface area contributed by atoms with Crippen molar-refractivity contribution in [1.82, 2.24) is 19.5 Å². The second kappa shape index (κ2) is 7.17. The smallest absolute Gasteiger partial charge is 0.332 e. The first-order valence-electron chi connectivity index (χ1n) is 8.82. The minimum Gasteiger partial charge on any atom is -0.332 e. The molecule has 4 rings (SSSR count). The van der Waals surface area contributed by atoms with Gasteiger partial charge in [0.1, 0.15) is 16.5 Å². The predicted molar refractivity (Wildman–Crippen MR) is 108 cm³/mol. The Labute approximate surface area is 173 Å². The molecule has 1 aromatic carbocycles. The number of pyridine rings is 1. The first kappa shape index (κ1) is 20.0. The van der Waals surface area contributed by atoms with Crippen LogP contribution in [0.25, 0.3) is 16.7 Å². The summed E-state index contributed by atoms with van der Waals surface area (Å²) in [5.41, 5.74) is 0.263. The first-order valence-corrected chi connectivity index (χ1v) is 9.20. The van der Waals surface area contributed by atoms with Gasteiger partial charge in [-0.1, -0.05) is 17.7 Å². The Kier molecular flexibility index (Phi) is 4.77. The van der Waals surface area contributed by atoms with Gasteiger partial charge in [0.2, 0.25) is 11.5 Å². The van der Waals surface area contributed by atoms with Crippen LogP contribution in [-0.4, -0.2) is 19.5 Å². The van der Waals surface area contributed by atoms with E-state index in [1.807, 2.05) is 0 Å². The molecule has 0 saturated carbocycles. The molecule has 4 aromatic rings. The maximum atomic E-state index is 13.2. The molecular formula is C20H15ClF3N5O. The fourth-order valence-corrected chi connectivity index (χ4v) is 3.29. The van der Waals surface area contributed by atoms with E-state index in [-0.39, 0.29) is 17.3 Å². The summed E-state index contributed by atoms with van der Waals surface area (Å²) < 4.78 is 40.5. The average Bonchev–Trinajstić information content (AvgIpc) is 3.18. The third kappa shape index (κ3) is 3.88. The number of nitrogens with zero attached hydrogens (tertiary/aromatic N) is 3. The number of fused-ring (bicyclic) bond motifs is 1. The van der Waals surface area contributed by atoms with E-state index in [9.17, 15) is 18.0 Å². The molecule has 0 saturated heterocycles. The van der Waals surface area contributed by atoms with Crippen molar-refractivity contribution in [3.8, 4) is 5.82 Å². The molecule has 3 heterocycles. The first-order chi connectivity index (χ1) is 14.1. The Morgan fingerprint density at radius 2 is 1.93 bits per heavy atom. The summed E-state index contributed by atoms with van der Waals surface area (Å²) in [6, 6.07) is 12.0. The summed E-state index contributed by atoms with van der Waals surface area (Å²) >= 11 is 6.66. The van der Waals surface area contributed by atoms with E-state index >= 15 is 0 Å². The molecule has 0 spiro atoms. The van der Waals surface area contributed by atoms with Gasteiger partial charge in [-0.3, -0.25) is 9.36 Å². The number of aromatic amines is 1. The Morgan fingerprint density at radius 1 is 1.13 bits per heavy atom. The largest absolute Gasteiger partial charge is 0.431 e. The average molecular weight is 434 g/mol. The van der Waals surface area contributed by atoms with Gasteiger partial charge in [0.25, 0.3) is 0 Å². The molecule has 2 N–H and O–H groups in total. The van der Waals surface area contributed by atoms with Crippen molar-refractivity contribution >= 4 is 28.5 Å². The molecule has 0 aliphatic carbocycles. The SMILES string of the molecule is C[C@@](Cl)(Nc1nccc(-n2cccc2C(F)(F)F)n1)c1ccc2[nH]c(=O)ccc2c1. The molecule has 0 amide bonds.